The lowest BCUT2D eigenvalue weighted by Gasteiger charge is -2.32. The van der Waals surface area contributed by atoms with Crippen molar-refractivity contribution in [3.05, 3.63) is 29.6 Å². The molecule has 1 aromatic rings. The zero-order chi connectivity index (χ0) is 14.5. The van der Waals surface area contributed by atoms with Crippen LogP contribution in [0.1, 0.15) is 25.5 Å². The van der Waals surface area contributed by atoms with Gasteiger partial charge in [-0.05, 0) is 31.7 Å². The van der Waals surface area contributed by atoms with E-state index in [1.54, 1.807) is 13.0 Å². The molecule has 0 amide bonds. The molecule has 1 saturated heterocycles. The van der Waals surface area contributed by atoms with Crippen molar-refractivity contribution in [2.75, 3.05) is 32.8 Å². The van der Waals surface area contributed by atoms with Gasteiger partial charge in [0, 0.05) is 18.7 Å². The number of benzene rings is 1. The van der Waals surface area contributed by atoms with Crippen molar-refractivity contribution in [3.8, 4) is 5.75 Å². The Morgan fingerprint density at radius 3 is 3.05 bits per heavy atom. The van der Waals surface area contributed by atoms with E-state index in [0.29, 0.717) is 24.5 Å². The lowest BCUT2D eigenvalue weighted by atomic mass is 10.1. The average molecular weight is 283 g/mol. The van der Waals surface area contributed by atoms with E-state index >= 15 is 0 Å². The Kier molecular flexibility index (Phi) is 5.34. The van der Waals surface area contributed by atoms with Gasteiger partial charge in [-0.25, -0.2) is 4.39 Å². The smallest absolute Gasteiger partial charge is 0.125 e. The van der Waals surface area contributed by atoms with E-state index in [1.807, 2.05) is 0 Å². The van der Waals surface area contributed by atoms with Crippen LogP contribution in [-0.2, 0) is 4.74 Å². The fourth-order valence-corrected chi connectivity index (χ4v) is 2.33. The summed E-state index contributed by atoms with van der Waals surface area (Å²) in [7, 11) is 0. The molecule has 0 saturated carbocycles. The van der Waals surface area contributed by atoms with Gasteiger partial charge >= 0.3 is 0 Å². The Morgan fingerprint density at radius 1 is 1.55 bits per heavy atom. The molecule has 1 aliphatic heterocycles. The van der Waals surface area contributed by atoms with Crippen molar-refractivity contribution < 1.29 is 19.0 Å². The molecule has 2 rings (SSSR count). The SMILES string of the molecule is CCN1CCOC(COc2ccc(F)cc2[C@H](C)O)C1. The first-order chi connectivity index (χ1) is 9.60. The number of aliphatic hydroxyl groups excluding tert-OH is 1. The molecule has 0 aliphatic carbocycles. The summed E-state index contributed by atoms with van der Waals surface area (Å²) in [6.45, 7) is 7.60. The second-order valence-electron chi connectivity index (χ2n) is 5.06. The van der Waals surface area contributed by atoms with Gasteiger partial charge in [0.2, 0.25) is 0 Å². The Morgan fingerprint density at radius 2 is 2.35 bits per heavy atom. The summed E-state index contributed by atoms with van der Waals surface area (Å²) in [4.78, 5) is 2.30. The Bertz CT molecular complexity index is 439. The number of morpholine rings is 1. The first-order valence-electron chi connectivity index (χ1n) is 7.04. The quantitative estimate of drug-likeness (QED) is 0.897. The molecule has 1 N–H and O–H groups in total. The van der Waals surface area contributed by atoms with Crippen LogP contribution < -0.4 is 4.74 Å². The standard InChI is InChI=1S/C15H22FNO3/c1-3-17-6-7-19-13(9-17)10-20-15-5-4-12(16)8-14(15)11(2)18/h4-5,8,11,13,18H,3,6-7,9-10H2,1-2H3/t11-,13?/m0/s1. The van der Waals surface area contributed by atoms with Crippen molar-refractivity contribution in [1.29, 1.82) is 0 Å². The minimum absolute atomic E-state index is 0.00982. The summed E-state index contributed by atoms with van der Waals surface area (Å²) in [6, 6.07) is 4.19. The van der Waals surface area contributed by atoms with Gasteiger partial charge in [-0.2, -0.15) is 0 Å². The maximum absolute atomic E-state index is 13.2. The van der Waals surface area contributed by atoms with Gasteiger partial charge in [0.1, 0.15) is 24.3 Å². The highest BCUT2D eigenvalue weighted by Gasteiger charge is 2.20. The topological polar surface area (TPSA) is 41.9 Å². The summed E-state index contributed by atoms with van der Waals surface area (Å²) in [5.74, 6) is 0.137. The van der Waals surface area contributed by atoms with Gasteiger partial charge < -0.3 is 14.6 Å². The highest BCUT2D eigenvalue weighted by Crippen LogP contribution is 2.26. The lowest BCUT2D eigenvalue weighted by Crippen LogP contribution is -2.44. The predicted octanol–water partition coefficient (Wildman–Crippen LogP) is 1.98. The van der Waals surface area contributed by atoms with E-state index < -0.39 is 6.10 Å². The van der Waals surface area contributed by atoms with Crippen molar-refractivity contribution in [3.63, 3.8) is 0 Å². The van der Waals surface area contributed by atoms with E-state index in [1.165, 1.54) is 12.1 Å². The third-order valence-corrected chi connectivity index (χ3v) is 3.52. The Labute approximate surface area is 119 Å². The number of aliphatic hydroxyl groups is 1. The van der Waals surface area contributed by atoms with Crippen LogP contribution in [0.2, 0.25) is 0 Å². The van der Waals surface area contributed by atoms with Gasteiger partial charge in [0.15, 0.2) is 0 Å². The zero-order valence-corrected chi connectivity index (χ0v) is 12.0. The second-order valence-corrected chi connectivity index (χ2v) is 5.06. The summed E-state index contributed by atoms with van der Waals surface area (Å²) >= 11 is 0. The van der Waals surface area contributed by atoms with Crippen molar-refractivity contribution in [2.24, 2.45) is 0 Å². The summed E-state index contributed by atoms with van der Waals surface area (Å²) in [5, 5.41) is 9.66. The Hall–Kier alpha value is -1.17. The molecule has 0 bridgehead atoms. The van der Waals surface area contributed by atoms with Gasteiger partial charge in [0.05, 0.1) is 12.7 Å². The molecule has 1 heterocycles. The van der Waals surface area contributed by atoms with Gasteiger partial charge in [-0.1, -0.05) is 6.92 Å². The normalized spacial score (nSPS) is 21.7. The maximum atomic E-state index is 13.2. The maximum Gasteiger partial charge on any atom is 0.125 e. The van der Waals surface area contributed by atoms with E-state index in [0.717, 1.165) is 19.6 Å². The molecule has 20 heavy (non-hydrogen) atoms. The number of nitrogens with zero attached hydrogens (tertiary/aromatic N) is 1. The van der Waals surface area contributed by atoms with Crippen LogP contribution in [-0.4, -0.2) is 49.0 Å². The Balaban J connectivity index is 1.96. The fourth-order valence-electron chi connectivity index (χ4n) is 2.33. The number of likely N-dealkylation sites (N-methyl/N-ethyl adjacent to an activating group) is 1. The molecule has 0 aromatic heterocycles. The van der Waals surface area contributed by atoms with Gasteiger partial charge in [-0.15, -0.1) is 0 Å². The van der Waals surface area contributed by atoms with Gasteiger partial charge in [0.25, 0.3) is 0 Å². The van der Waals surface area contributed by atoms with E-state index in [4.69, 9.17) is 9.47 Å². The van der Waals surface area contributed by atoms with Crippen LogP contribution in [0, 0.1) is 5.82 Å². The molecule has 1 unspecified atom stereocenters. The molecule has 0 radical (unpaired) electrons. The van der Waals surface area contributed by atoms with Crippen molar-refractivity contribution >= 4 is 0 Å². The number of hydrogen-bond acceptors (Lipinski definition) is 4. The van der Waals surface area contributed by atoms with Gasteiger partial charge in [-0.3, -0.25) is 4.90 Å². The molecule has 1 aromatic carbocycles. The van der Waals surface area contributed by atoms with Crippen LogP contribution in [0.3, 0.4) is 0 Å². The first kappa shape index (κ1) is 15.2. The van der Waals surface area contributed by atoms with E-state index in [-0.39, 0.29) is 11.9 Å². The number of rotatable bonds is 5. The minimum atomic E-state index is -0.764. The first-order valence-corrected chi connectivity index (χ1v) is 7.04. The monoisotopic (exact) mass is 283 g/mol. The third kappa shape index (κ3) is 3.91. The summed E-state index contributed by atoms with van der Waals surface area (Å²) in [5.41, 5.74) is 0.466. The molecule has 4 nitrogen and oxygen atoms in total. The number of hydrogen-bond donors (Lipinski definition) is 1. The molecule has 0 spiro atoms. The van der Waals surface area contributed by atoms with E-state index in [2.05, 4.69) is 11.8 Å². The van der Waals surface area contributed by atoms with Crippen LogP contribution in [0.5, 0.6) is 5.75 Å². The molecule has 112 valence electrons. The summed E-state index contributed by atoms with van der Waals surface area (Å²) in [6.07, 6.45) is -0.754. The highest BCUT2D eigenvalue weighted by atomic mass is 19.1. The van der Waals surface area contributed by atoms with Crippen LogP contribution >= 0.6 is 0 Å². The third-order valence-electron chi connectivity index (χ3n) is 3.52. The number of ether oxygens (including phenoxy) is 2. The van der Waals surface area contributed by atoms with E-state index in [9.17, 15) is 9.50 Å². The highest BCUT2D eigenvalue weighted by molar-refractivity contribution is 5.35. The largest absolute Gasteiger partial charge is 0.490 e. The fraction of sp³-hybridized carbons (Fsp3) is 0.600. The number of halogens is 1. The minimum Gasteiger partial charge on any atom is -0.490 e. The summed E-state index contributed by atoms with van der Waals surface area (Å²) < 4.78 is 24.6. The molecule has 2 atom stereocenters. The molecular formula is C15H22FNO3. The van der Waals surface area contributed by atoms with Crippen molar-refractivity contribution in [2.45, 2.75) is 26.1 Å². The van der Waals surface area contributed by atoms with Crippen LogP contribution in [0.25, 0.3) is 0 Å². The zero-order valence-electron chi connectivity index (χ0n) is 12.0. The molecule has 5 heteroatoms. The lowest BCUT2D eigenvalue weighted by molar-refractivity contribution is -0.0467. The predicted molar refractivity (Wildman–Crippen MR) is 74.4 cm³/mol. The molecule has 1 aliphatic rings. The average Bonchev–Trinajstić information content (AvgIpc) is 2.46. The van der Waals surface area contributed by atoms with Crippen LogP contribution in [0.4, 0.5) is 4.39 Å². The van der Waals surface area contributed by atoms with Crippen molar-refractivity contribution in [1.82, 2.24) is 4.90 Å². The second kappa shape index (κ2) is 7.02. The molecule has 1 fully saturated rings. The van der Waals surface area contributed by atoms with Crippen LogP contribution in [0.15, 0.2) is 18.2 Å². The molecular weight excluding hydrogens is 261 g/mol.